The van der Waals surface area contributed by atoms with Gasteiger partial charge in [-0.2, -0.15) is 0 Å². The van der Waals surface area contributed by atoms with E-state index in [2.05, 4.69) is 5.32 Å². The van der Waals surface area contributed by atoms with E-state index in [0.717, 1.165) is 10.5 Å². The van der Waals surface area contributed by atoms with Crippen LogP contribution in [0.1, 0.15) is 17.2 Å². The molecule has 3 aromatic rings. The van der Waals surface area contributed by atoms with Crippen molar-refractivity contribution in [2.24, 2.45) is 0 Å². The molecule has 0 aliphatic rings. The van der Waals surface area contributed by atoms with Crippen molar-refractivity contribution in [2.75, 3.05) is 19.5 Å². The van der Waals surface area contributed by atoms with E-state index in [4.69, 9.17) is 4.74 Å². The van der Waals surface area contributed by atoms with Crippen LogP contribution in [-0.2, 0) is 11.3 Å². The number of carbonyl (C=O) groups excluding carboxylic acids is 1. The first kappa shape index (κ1) is 19.6. The summed E-state index contributed by atoms with van der Waals surface area (Å²) in [6.07, 6.45) is 0. The summed E-state index contributed by atoms with van der Waals surface area (Å²) in [6.45, 7) is 0.387. The van der Waals surface area contributed by atoms with Crippen LogP contribution in [0.2, 0.25) is 0 Å². The number of hydrogen-bond donors (Lipinski definition) is 2. The van der Waals surface area contributed by atoms with Crippen LogP contribution >= 0.6 is 0 Å². The molecule has 3 rings (SSSR count). The zero-order valence-electron chi connectivity index (χ0n) is 16.0. The van der Waals surface area contributed by atoms with Gasteiger partial charge in [0.05, 0.1) is 14.2 Å². The Kier molecular flexibility index (Phi) is 6.40. The lowest BCUT2D eigenvalue weighted by molar-refractivity contribution is -0.916. The lowest BCUT2D eigenvalue weighted by atomic mass is 10.0. The molecule has 2 N–H and O–H groups in total. The van der Waals surface area contributed by atoms with E-state index in [9.17, 15) is 9.18 Å². The van der Waals surface area contributed by atoms with E-state index in [0.29, 0.717) is 23.5 Å². The van der Waals surface area contributed by atoms with Gasteiger partial charge in [-0.15, -0.1) is 0 Å². The zero-order chi connectivity index (χ0) is 19.9. The van der Waals surface area contributed by atoms with Crippen molar-refractivity contribution < 1.29 is 18.8 Å². The number of amides is 1. The Morgan fingerprint density at radius 1 is 1.04 bits per heavy atom. The van der Waals surface area contributed by atoms with Crippen LogP contribution in [-0.4, -0.2) is 20.1 Å². The maximum Gasteiger partial charge on any atom is 0.287 e. The molecule has 3 aromatic carbocycles. The molecule has 0 fully saturated rings. The Hall–Kier alpha value is -3.18. The van der Waals surface area contributed by atoms with Gasteiger partial charge in [0.15, 0.2) is 6.04 Å². The number of methoxy groups -OCH3 is 1. The zero-order valence-corrected chi connectivity index (χ0v) is 16.0. The van der Waals surface area contributed by atoms with Crippen molar-refractivity contribution in [3.8, 4) is 5.75 Å². The molecule has 4 nitrogen and oxygen atoms in total. The highest BCUT2D eigenvalue weighted by Gasteiger charge is 2.29. The van der Waals surface area contributed by atoms with Gasteiger partial charge in [-0.1, -0.05) is 54.6 Å². The lowest BCUT2D eigenvalue weighted by Crippen LogP contribution is -3.09. The van der Waals surface area contributed by atoms with E-state index in [-0.39, 0.29) is 11.7 Å². The number of likely N-dealkylation sites (N-methyl/N-ethyl adjacent to an activating group) is 1. The molecule has 28 heavy (non-hydrogen) atoms. The number of nitrogens with one attached hydrogen (secondary N) is 2. The summed E-state index contributed by atoms with van der Waals surface area (Å²) < 4.78 is 19.3. The van der Waals surface area contributed by atoms with Gasteiger partial charge in [0.25, 0.3) is 5.91 Å². The Labute approximate surface area is 164 Å². The second-order valence-corrected chi connectivity index (χ2v) is 6.68. The molecule has 0 aliphatic heterocycles. The van der Waals surface area contributed by atoms with Gasteiger partial charge in [0.2, 0.25) is 0 Å². The average molecular weight is 379 g/mol. The number of rotatable bonds is 7. The van der Waals surface area contributed by atoms with E-state index >= 15 is 0 Å². The summed E-state index contributed by atoms with van der Waals surface area (Å²) in [5.41, 5.74) is 2.11. The standard InChI is InChI=1S/C23H23FN2O2/c1-26(16-18-11-6-7-14-21(18)24)22(17-9-4-3-5-10-17)23(27)25-19-12-8-13-20(15-19)28-2/h3-15,22H,16H2,1-2H3,(H,25,27)/p+1/t22-/m0/s1. The first-order valence-electron chi connectivity index (χ1n) is 9.14. The number of anilines is 1. The quantitative estimate of drug-likeness (QED) is 0.662. The second kappa shape index (κ2) is 9.15. The van der Waals surface area contributed by atoms with Gasteiger partial charge in [-0.05, 0) is 18.2 Å². The van der Waals surface area contributed by atoms with Gasteiger partial charge >= 0.3 is 0 Å². The van der Waals surface area contributed by atoms with Crippen LogP contribution in [0.5, 0.6) is 5.75 Å². The summed E-state index contributed by atoms with van der Waals surface area (Å²) in [4.78, 5) is 14.0. The van der Waals surface area contributed by atoms with Crippen LogP contribution in [0.4, 0.5) is 10.1 Å². The molecule has 0 saturated carbocycles. The highest BCUT2D eigenvalue weighted by Crippen LogP contribution is 2.19. The number of hydrogen-bond acceptors (Lipinski definition) is 2. The van der Waals surface area contributed by atoms with Gasteiger partial charge < -0.3 is 15.0 Å². The number of benzene rings is 3. The number of quaternary nitrogens is 1. The van der Waals surface area contributed by atoms with Gasteiger partial charge in [-0.25, -0.2) is 4.39 Å². The van der Waals surface area contributed by atoms with E-state index < -0.39 is 6.04 Å². The predicted octanol–water partition coefficient (Wildman–Crippen LogP) is 3.23. The third-order valence-corrected chi connectivity index (χ3v) is 4.65. The first-order valence-corrected chi connectivity index (χ1v) is 9.14. The summed E-state index contributed by atoms with van der Waals surface area (Å²) in [6, 6.07) is 22.9. The molecule has 0 aliphatic carbocycles. The third kappa shape index (κ3) is 4.75. The Morgan fingerprint density at radius 2 is 1.75 bits per heavy atom. The molecule has 0 saturated heterocycles. The molecule has 1 unspecified atom stereocenters. The van der Waals surface area contributed by atoms with E-state index in [1.165, 1.54) is 6.07 Å². The van der Waals surface area contributed by atoms with Crippen LogP contribution in [0, 0.1) is 5.82 Å². The predicted molar refractivity (Wildman–Crippen MR) is 108 cm³/mol. The molecule has 0 aromatic heterocycles. The fourth-order valence-electron chi connectivity index (χ4n) is 3.26. The van der Waals surface area contributed by atoms with Crippen LogP contribution in [0.3, 0.4) is 0 Å². The maximum absolute atomic E-state index is 14.1. The summed E-state index contributed by atoms with van der Waals surface area (Å²) >= 11 is 0. The smallest absolute Gasteiger partial charge is 0.287 e. The molecular formula is C23H24FN2O2+. The van der Waals surface area contributed by atoms with Gasteiger partial charge in [-0.3, -0.25) is 4.79 Å². The Morgan fingerprint density at radius 3 is 2.46 bits per heavy atom. The molecule has 0 radical (unpaired) electrons. The molecule has 144 valence electrons. The average Bonchev–Trinajstić information content (AvgIpc) is 2.71. The van der Waals surface area contributed by atoms with Crippen molar-refractivity contribution in [3.63, 3.8) is 0 Å². The fourth-order valence-corrected chi connectivity index (χ4v) is 3.26. The molecular weight excluding hydrogens is 355 g/mol. The van der Waals surface area contributed by atoms with Crippen molar-refractivity contribution >= 4 is 11.6 Å². The number of ether oxygens (including phenoxy) is 1. The lowest BCUT2D eigenvalue weighted by Gasteiger charge is -2.25. The van der Waals surface area contributed by atoms with E-state index in [1.54, 1.807) is 31.4 Å². The first-order chi connectivity index (χ1) is 13.6. The minimum absolute atomic E-state index is 0.159. The van der Waals surface area contributed by atoms with Crippen LogP contribution in [0.25, 0.3) is 0 Å². The van der Waals surface area contributed by atoms with Gasteiger partial charge in [0, 0.05) is 22.9 Å². The molecule has 5 heteroatoms. The normalized spacial score (nSPS) is 12.8. The number of carbonyl (C=O) groups is 1. The molecule has 0 spiro atoms. The van der Waals surface area contributed by atoms with Crippen LogP contribution in [0.15, 0.2) is 78.9 Å². The molecule has 2 atom stereocenters. The molecule has 0 heterocycles. The summed E-state index contributed by atoms with van der Waals surface area (Å²) in [5.74, 6) is 0.247. The minimum atomic E-state index is -0.494. The van der Waals surface area contributed by atoms with Crippen molar-refractivity contribution in [2.45, 2.75) is 12.6 Å². The third-order valence-electron chi connectivity index (χ3n) is 4.65. The van der Waals surface area contributed by atoms with Crippen LogP contribution < -0.4 is 15.0 Å². The highest BCUT2D eigenvalue weighted by molar-refractivity contribution is 5.94. The van der Waals surface area contributed by atoms with Crippen molar-refractivity contribution in [1.82, 2.24) is 0 Å². The van der Waals surface area contributed by atoms with Gasteiger partial charge in [0.1, 0.15) is 18.1 Å². The second-order valence-electron chi connectivity index (χ2n) is 6.68. The SMILES string of the molecule is COc1cccc(NC(=O)[C@H](c2ccccc2)[NH+](C)Cc2ccccc2F)c1. The highest BCUT2D eigenvalue weighted by atomic mass is 19.1. The maximum atomic E-state index is 14.1. The fraction of sp³-hybridized carbons (Fsp3) is 0.174. The monoisotopic (exact) mass is 379 g/mol. The van der Waals surface area contributed by atoms with Crippen molar-refractivity contribution in [1.29, 1.82) is 0 Å². The largest absolute Gasteiger partial charge is 0.497 e. The summed E-state index contributed by atoms with van der Waals surface area (Å²) in [5, 5.41) is 2.96. The molecule has 0 bridgehead atoms. The van der Waals surface area contributed by atoms with E-state index in [1.807, 2.05) is 55.6 Å². The summed E-state index contributed by atoms with van der Waals surface area (Å²) in [7, 11) is 3.48. The Bertz CT molecular complexity index is 931. The number of halogens is 1. The minimum Gasteiger partial charge on any atom is -0.497 e. The Balaban J connectivity index is 1.86. The topological polar surface area (TPSA) is 42.8 Å². The van der Waals surface area contributed by atoms with Crippen molar-refractivity contribution in [3.05, 3.63) is 95.8 Å². The molecule has 1 amide bonds.